The lowest BCUT2D eigenvalue weighted by atomic mass is 9.43. The zero-order valence-electron chi connectivity index (χ0n) is 22.3. The molecule has 0 aromatic heterocycles. The summed E-state index contributed by atoms with van der Waals surface area (Å²) in [5.74, 6) is 0.853. The quantitative estimate of drug-likeness (QED) is 0.548. The van der Waals surface area contributed by atoms with Gasteiger partial charge in [-0.05, 0) is 76.0 Å². The zero-order chi connectivity index (χ0) is 24.9. The molecular formula is C25H45BN2O5. The minimum Gasteiger partial charge on any atom is -0.444 e. The van der Waals surface area contributed by atoms with Crippen molar-refractivity contribution in [2.45, 2.75) is 118 Å². The van der Waals surface area contributed by atoms with E-state index in [2.05, 4.69) is 45.3 Å². The minimum atomic E-state index is -0.708. The van der Waals surface area contributed by atoms with Gasteiger partial charge in [0.05, 0.1) is 17.6 Å². The molecule has 1 saturated heterocycles. The van der Waals surface area contributed by atoms with Gasteiger partial charge in [0.15, 0.2) is 0 Å². The number of rotatable bonds is 7. The van der Waals surface area contributed by atoms with Crippen LogP contribution in [0.1, 0.15) is 88.5 Å². The number of carbonyl (C=O) groups is 2. The fraction of sp³-hybridized carbons (Fsp3) is 0.920. The van der Waals surface area contributed by atoms with E-state index in [1.54, 1.807) is 20.8 Å². The molecule has 7 nitrogen and oxygen atoms in total. The summed E-state index contributed by atoms with van der Waals surface area (Å²) in [6, 6.07) is -0.708. The fourth-order valence-electron chi connectivity index (χ4n) is 6.06. The molecule has 2 amide bonds. The molecule has 6 atom stereocenters. The zero-order valence-corrected chi connectivity index (χ0v) is 22.3. The number of hydrogen-bond donors (Lipinski definition) is 2. The summed E-state index contributed by atoms with van der Waals surface area (Å²) in [5, 5.41) is 5.91. The van der Waals surface area contributed by atoms with Crippen molar-refractivity contribution >= 4 is 19.1 Å². The van der Waals surface area contributed by atoms with Crippen molar-refractivity contribution < 1.29 is 23.6 Å². The normalized spacial score (nSPS) is 32.1. The van der Waals surface area contributed by atoms with Crippen LogP contribution in [0.3, 0.4) is 0 Å². The molecule has 33 heavy (non-hydrogen) atoms. The standard InChI is InChI=1S/C25H45BN2O5/c1-14(2)11-19(27-21(29)20(15(3)4)28-22(30)31-23(5,6)7)26-32-18-13-16-12-17(24(16,8)9)25(18,10)33-26/h14-20H,11-13H2,1-10H3,(H,27,29)(H,28,30)/t16-,17-,18+,19?,20+,25-/m0/s1. The molecule has 8 heteroatoms. The molecule has 2 N–H and O–H groups in total. The van der Waals surface area contributed by atoms with Crippen LogP contribution in [0.15, 0.2) is 0 Å². The summed E-state index contributed by atoms with van der Waals surface area (Å²) >= 11 is 0. The Labute approximate surface area is 200 Å². The van der Waals surface area contributed by atoms with Crippen molar-refractivity contribution in [3.63, 3.8) is 0 Å². The van der Waals surface area contributed by atoms with Crippen molar-refractivity contribution in [3.05, 3.63) is 0 Å². The molecule has 1 unspecified atom stereocenters. The highest BCUT2D eigenvalue weighted by molar-refractivity contribution is 6.47. The molecule has 0 spiro atoms. The van der Waals surface area contributed by atoms with Gasteiger partial charge in [0.2, 0.25) is 5.91 Å². The monoisotopic (exact) mass is 464 g/mol. The van der Waals surface area contributed by atoms with Crippen LogP contribution in [0, 0.1) is 29.1 Å². The van der Waals surface area contributed by atoms with Gasteiger partial charge in [0.25, 0.3) is 0 Å². The number of amides is 2. The molecule has 0 radical (unpaired) electrons. The summed E-state index contributed by atoms with van der Waals surface area (Å²) in [6.45, 7) is 20.3. The first-order valence-electron chi connectivity index (χ1n) is 12.7. The van der Waals surface area contributed by atoms with Crippen molar-refractivity contribution in [1.82, 2.24) is 10.6 Å². The van der Waals surface area contributed by atoms with Gasteiger partial charge in [-0.15, -0.1) is 0 Å². The fourth-order valence-corrected chi connectivity index (χ4v) is 6.06. The first-order chi connectivity index (χ1) is 15.0. The number of carbonyl (C=O) groups excluding carboxylic acids is 2. The molecule has 0 aromatic rings. The largest absolute Gasteiger partial charge is 0.481 e. The summed E-state index contributed by atoms with van der Waals surface area (Å²) in [5.41, 5.74) is -0.691. The van der Waals surface area contributed by atoms with Gasteiger partial charge in [0, 0.05) is 0 Å². The maximum atomic E-state index is 13.3. The van der Waals surface area contributed by atoms with Gasteiger partial charge in [-0.2, -0.15) is 0 Å². The molecule has 1 aliphatic heterocycles. The summed E-state index contributed by atoms with van der Waals surface area (Å²) in [7, 11) is -0.490. The van der Waals surface area contributed by atoms with E-state index < -0.39 is 24.9 Å². The molecule has 4 fully saturated rings. The Kier molecular flexibility index (Phi) is 7.23. The highest BCUT2D eigenvalue weighted by atomic mass is 16.7. The lowest BCUT2D eigenvalue weighted by Crippen LogP contribution is -2.65. The summed E-state index contributed by atoms with van der Waals surface area (Å²) in [4.78, 5) is 25.7. The van der Waals surface area contributed by atoms with Crippen molar-refractivity contribution in [3.8, 4) is 0 Å². The van der Waals surface area contributed by atoms with Gasteiger partial charge in [-0.1, -0.05) is 41.5 Å². The molecule has 4 aliphatic rings. The van der Waals surface area contributed by atoms with E-state index in [0.29, 0.717) is 17.8 Å². The van der Waals surface area contributed by atoms with Crippen LogP contribution in [-0.2, 0) is 18.8 Å². The molecule has 188 valence electrons. The number of nitrogens with one attached hydrogen (secondary N) is 2. The van der Waals surface area contributed by atoms with E-state index in [1.165, 1.54) is 6.42 Å². The molecule has 0 aromatic carbocycles. The van der Waals surface area contributed by atoms with Crippen LogP contribution in [-0.4, -0.2) is 48.4 Å². The molecule has 3 saturated carbocycles. The lowest BCUT2D eigenvalue weighted by molar-refractivity contribution is -0.199. The van der Waals surface area contributed by atoms with Crippen LogP contribution in [0.5, 0.6) is 0 Å². The van der Waals surface area contributed by atoms with Crippen LogP contribution >= 0.6 is 0 Å². The molecule has 1 heterocycles. The van der Waals surface area contributed by atoms with Gasteiger partial charge < -0.3 is 24.7 Å². The van der Waals surface area contributed by atoms with E-state index in [1.807, 2.05) is 13.8 Å². The third-order valence-electron chi connectivity index (χ3n) is 7.97. The average molecular weight is 464 g/mol. The Balaban J connectivity index is 1.71. The van der Waals surface area contributed by atoms with Gasteiger partial charge in [-0.3, -0.25) is 4.79 Å². The lowest BCUT2D eigenvalue weighted by Gasteiger charge is -2.64. The molecular weight excluding hydrogens is 419 g/mol. The highest BCUT2D eigenvalue weighted by Gasteiger charge is 2.68. The smallest absolute Gasteiger partial charge is 0.444 e. The Morgan fingerprint density at radius 1 is 1.09 bits per heavy atom. The predicted octanol–water partition coefficient (Wildman–Crippen LogP) is 4.33. The molecule has 2 bridgehead atoms. The van der Waals surface area contributed by atoms with E-state index in [-0.39, 0.29) is 34.9 Å². The molecule has 4 rings (SSSR count). The Bertz CT molecular complexity index is 750. The topological polar surface area (TPSA) is 85.9 Å². The van der Waals surface area contributed by atoms with Crippen LogP contribution < -0.4 is 10.6 Å². The van der Waals surface area contributed by atoms with Crippen LogP contribution in [0.25, 0.3) is 0 Å². The second-order valence-electron chi connectivity index (χ2n) is 12.9. The number of hydrogen-bond acceptors (Lipinski definition) is 5. The van der Waals surface area contributed by atoms with E-state index in [0.717, 1.165) is 12.8 Å². The Hall–Kier alpha value is -1.28. The first-order valence-corrected chi connectivity index (χ1v) is 12.7. The van der Waals surface area contributed by atoms with Crippen molar-refractivity contribution in [2.24, 2.45) is 29.1 Å². The molecule has 3 aliphatic carbocycles. The van der Waals surface area contributed by atoms with Crippen molar-refractivity contribution in [2.75, 3.05) is 0 Å². The third-order valence-corrected chi connectivity index (χ3v) is 7.97. The van der Waals surface area contributed by atoms with Crippen LogP contribution in [0.4, 0.5) is 4.79 Å². The van der Waals surface area contributed by atoms with E-state index >= 15 is 0 Å². The Morgan fingerprint density at radius 3 is 2.24 bits per heavy atom. The average Bonchev–Trinajstić information content (AvgIpc) is 3.00. The van der Waals surface area contributed by atoms with Crippen LogP contribution in [0.2, 0.25) is 0 Å². The van der Waals surface area contributed by atoms with E-state index in [4.69, 9.17) is 14.0 Å². The van der Waals surface area contributed by atoms with Crippen molar-refractivity contribution in [1.29, 1.82) is 0 Å². The number of ether oxygens (including phenoxy) is 1. The number of alkyl carbamates (subject to hydrolysis) is 1. The predicted molar refractivity (Wildman–Crippen MR) is 129 cm³/mol. The Morgan fingerprint density at radius 2 is 1.73 bits per heavy atom. The van der Waals surface area contributed by atoms with E-state index in [9.17, 15) is 9.59 Å². The maximum absolute atomic E-state index is 13.3. The summed E-state index contributed by atoms with van der Waals surface area (Å²) in [6.07, 6.45) is 2.39. The minimum absolute atomic E-state index is 0.0617. The maximum Gasteiger partial charge on any atom is 0.481 e. The highest BCUT2D eigenvalue weighted by Crippen LogP contribution is 2.65. The van der Waals surface area contributed by atoms with Gasteiger partial charge in [0.1, 0.15) is 11.6 Å². The SMILES string of the molecule is CC(C)CC(NC(=O)[C@H](NC(=O)OC(C)(C)C)C(C)C)B1O[C@@H]2C[C@@H]3C[C@@H](C3(C)C)[C@]2(C)O1. The second-order valence-corrected chi connectivity index (χ2v) is 12.9. The second kappa shape index (κ2) is 9.06. The summed E-state index contributed by atoms with van der Waals surface area (Å²) < 4.78 is 18.5. The van der Waals surface area contributed by atoms with Gasteiger partial charge >= 0.3 is 13.2 Å². The first kappa shape index (κ1) is 26.3. The third kappa shape index (κ3) is 5.37. The van der Waals surface area contributed by atoms with Gasteiger partial charge in [-0.25, -0.2) is 4.79 Å².